The molecule has 102 valence electrons. The number of hydrogen-bond donors (Lipinski definition) is 2. The lowest BCUT2D eigenvalue weighted by atomic mass is 9.98. The van der Waals surface area contributed by atoms with Gasteiger partial charge in [0.05, 0.1) is 16.8 Å². The van der Waals surface area contributed by atoms with Crippen molar-refractivity contribution in [3.63, 3.8) is 0 Å². The molecule has 0 spiro atoms. The Kier molecular flexibility index (Phi) is 3.74. The molecule has 0 radical (unpaired) electrons. The molecule has 1 aromatic rings. The van der Waals surface area contributed by atoms with Crippen LogP contribution in [0.4, 0.5) is 5.69 Å². The summed E-state index contributed by atoms with van der Waals surface area (Å²) in [6.07, 6.45) is 3.03. The van der Waals surface area contributed by atoms with Crippen molar-refractivity contribution in [2.75, 3.05) is 18.0 Å². The summed E-state index contributed by atoms with van der Waals surface area (Å²) < 4.78 is 0. The van der Waals surface area contributed by atoms with Crippen molar-refractivity contribution in [3.8, 4) is 0 Å². The van der Waals surface area contributed by atoms with Crippen LogP contribution in [0.2, 0.25) is 0 Å². The molecule has 1 aliphatic rings. The van der Waals surface area contributed by atoms with E-state index < -0.39 is 11.9 Å². The van der Waals surface area contributed by atoms with Gasteiger partial charge in [0, 0.05) is 13.1 Å². The summed E-state index contributed by atoms with van der Waals surface area (Å²) in [5.74, 6) is -2.15. The second kappa shape index (κ2) is 5.30. The Labute approximate surface area is 111 Å². The van der Waals surface area contributed by atoms with Gasteiger partial charge in [-0.2, -0.15) is 0 Å². The minimum atomic E-state index is -1.08. The zero-order valence-corrected chi connectivity index (χ0v) is 10.8. The van der Waals surface area contributed by atoms with Crippen molar-refractivity contribution in [2.24, 2.45) is 0 Å². The zero-order chi connectivity index (χ0) is 14.0. The molecule has 1 heterocycles. The average Bonchev–Trinajstić information content (AvgIpc) is 2.38. The number of rotatable bonds is 3. The quantitative estimate of drug-likeness (QED) is 0.875. The fraction of sp³-hybridized carbons (Fsp3) is 0.429. The van der Waals surface area contributed by atoms with E-state index in [1.165, 1.54) is 6.07 Å². The Hall–Kier alpha value is -2.04. The van der Waals surface area contributed by atoms with Crippen LogP contribution in [0, 0.1) is 6.92 Å². The first-order valence-electron chi connectivity index (χ1n) is 6.37. The van der Waals surface area contributed by atoms with Gasteiger partial charge in [0.25, 0.3) is 0 Å². The third-order valence-corrected chi connectivity index (χ3v) is 3.50. The monoisotopic (exact) mass is 263 g/mol. The first kappa shape index (κ1) is 13.4. The highest BCUT2D eigenvalue weighted by atomic mass is 16.4. The van der Waals surface area contributed by atoms with Crippen LogP contribution in [0.15, 0.2) is 12.1 Å². The summed E-state index contributed by atoms with van der Waals surface area (Å²) in [4.78, 5) is 24.7. The lowest BCUT2D eigenvalue weighted by Gasteiger charge is -2.31. The van der Waals surface area contributed by atoms with Crippen molar-refractivity contribution < 1.29 is 19.8 Å². The van der Waals surface area contributed by atoms with Crippen LogP contribution in [0.3, 0.4) is 0 Å². The van der Waals surface area contributed by atoms with Gasteiger partial charge in [-0.15, -0.1) is 0 Å². The summed E-state index contributed by atoms with van der Waals surface area (Å²) in [5, 5.41) is 18.6. The molecule has 5 heteroatoms. The van der Waals surface area contributed by atoms with E-state index in [-0.39, 0.29) is 11.1 Å². The van der Waals surface area contributed by atoms with E-state index in [1.54, 1.807) is 13.0 Å². The number of anilines is 1. The molecule has 0 amide bonds. The summed E-state index contributed by atoms with van der Waals surface area (Å²) >= 11 is 0. The Morgan fingerprint density at radius 2 is 1.68 bits per heavy atom. The Morgan fingerprint density at radius 3 is 2.21 bits per heavy atom. The van der Waals surface area contributed by atoms with Gasteiger partial charge in [0.1, 0.15) is 0 Å². The number of benzene rings is 1. The maximum absolute atomic E-state index is 11.4. The van der Waals surface area contributed by atoms with E-state index >= 15 is 0 Å². The van der Waals surface area contributed by atoms with Gasteiger partial charge in [-0.3, -0.25) is 0 Å². The minimum Gasteiger partial charge on any atom is -0.478 e. The van der Waals surface area contributed by atoms with Gasteiger partial charge in [-0.05, 0) is 37.8 Å². The fourth-order valence-electron chi connectivity index (χ4n) is 2.58. The first-order valence-corrected chi connectivity index (χ1v) is 6.37. The predicted molar refractivity (Wildman–Crippen MR) is 71.2 cm³/mol. The number of piperidine rings is 1. The number of carboxylic acid groups (broad SMARTS) is 2. The largest absolute Gasteiger partial charge is 0.478 e. The molecule has 0 unspecified atom stereocenters. The molecule has 0 atom stereocenters. The molecule has 2 N–H and O–H groups in total. The van der Waals surface area contributed by atoms with Crippen molar-refractivity contribution in [3.05, 3.63) is 28.8 Å². The average molecular weight is 263 g/mol. The van der Waals surface area contributed by atoms with Gasteiger partial charge >= 0.3 is 11.9 Å². The minimum absolute atomic E-state index is 0.0740. The van der Waals surface area contributed by atoms with E-state index in [2.05, 4.69) is 0 Å². The lowest BCUT2D eigenvalue weighted by Crippen LogP contribution is -2.32. The van der Waals surface area contributed by atoms with Crippen LogP contribution >= 0.6 is 0 Å². The number of carboxylic acids is 2. The van der Waals surface area contributed by atoms with Crippen molar-refractivity contribution in [1.82, 2.24) is 0 Å². The summed E-state index contributed by atoms with van der Waals surface area (Å²) in [6.45, 7) is 3.12. The van der Waals surface area contributed by atoms with Gasteiger partial charge in [0.15, 0.2) is 0 Å². The van der Waals surface area contributed by atoms with Gasteiger partial charge in [-0.25, -0.2) is 9.59 Å². The molecule has 0 aromatic heterocycles. The highest BCUT2D eigenvalue weighted by molar-refractivity contribution is 6.04. The van der Waals surface area contributed by atoms with Crippen molar-refractivity contribution in [1.29, 1.82) is 0 Å². The molecular formula is C14H17NO4. The SMILES string of the molecule is Cc1ccc(C(=O)O)c(N2CCCCC2)c1C(=O)O. The normalized spacial score (nSPS) is 15.3. The zero-order valence-electron chi connectivity index (χ0n) is 10.8. The van der Waals surface area contributed by atoms with E-state index in [1.807, 2.05) is 4.90 Å². The predicted octanol–water partition coefficient (Wildman–Crippen LogP) is 2.38. The van der Waals surface area contributed by atoms with Crippen LogP contribution in [0.5, 0.6) is 0 Å². The van der Waals surface area contributed by atoms with Gasteiger partial charge in [0.2, 0.25) is 0 Å². The second-order valence-electron chi connectivity index (χ2n) is 4.81. The van der Waals surface area contributed by atoms with Crippen LogP contribution in [0.25, 0.3) is 0 Å². The highest BCUT2D eigenvalue weighted by Gasteiger charge is 2.25. The lowest BCUT2D eigenvalue weighted by molar-refractivity contribution is 0.0695. The molecule has 0 aliphatic carbocycles. The molecule has 0 saturated carbocycles. The Morgan fingerprint density at radius 1 is 1.05 bits per heavy atom. The second-order valence-corrected chi connectivity index (χ2v) is 4.81. The van der Waals surface area contributed by atoms with E-state index in [0.29, 0.717) is 24.3 Å². The standard InChI is InChI=1S/C14H17NO4/c1-9-5-6-10(13(16)17)12(11(9)14(18)19)15-7-3-2-4-8-15/h5-6H,2-4,7-8H2,1H3,(H,16,17)(H,18,19). The number of hydrogen-bond acceptors (Lipinski definition) is 3. The molecule has 0 bridgehead atoms. The Balaban J connectivity index is 2.61. The van der Waals surface area contributed by atoms with E-state index in [0.717, 1.165) is 19.3 Å². The van der Waals surface area contributed by atoms with Crippen molar-refractivity contribution >= 4 is 17.6 Å². The van der Waals surface area contributed by atoms with Crippen LogP contribution in [-0.2, 0) is 0 Å². The first-order chi connectivity index (χ1) is 9.02. The molecule has 1 saturated heterocycles. The molecular weight excluding hydrogens is 246 g/mol. The number of carbonyl (C=O) groups is 2. The molecule has 1 aliphatic heterocycles. The van der Waals surface area contributed by atoms with E-state index in [9.17, 15) is 19.8 Å². The third-order valence-electron chi connectivity index (χ3n) is 3.50. The highest BCUT2D eigenvalue weighted by Crippen LogP contribution is 2.31. The van der Waals surface area contributed by atoms with Gasteiger partial charge < -0.3 is 15.1 Å². The molecule has 1 fully saturated rings. The number of aromatic carboxylic acids is 2. The molecule has 1 aromatic carbocycles. The number of aryl methyl sites for hydroxylation is 1. The molecule has 5 nitrogen and oxygen atoms in total. The van der Waals surface area contributed by atoms with E-state index in [4.69, 9.17) is 0 Å². The summed E-state index contributed by atoms with van der Waals surface area (Å²) in [7, 11) is 0. The maximum Gasteiger partial charge on any atom is 0.338 e. The topological polar surface area (TPSA) is 77.8 Å². The Bertz CT molecular complexity index is 518. The molecule has 2 rings (SSSR count). The third kappa shape index (κ3) is 2.54. The number of nitrogens with zero attached hydrogens (tertiary/aromatic N) is 1. The van der Waals surface area contributed by atoms with Crippen LogP contribution < -0.4 is 4.90 Å². The van der Waals surface area contributed by atoms with Crippen LogP contribution in [-0.4, -0.2) is 35.2 Å². The summed E-state index contributed by atoms with van der Waals surface area (Å²) in [5.41, 5.74) is 1.14. The van der Waals surface area contributed by atoms with Crippen LogP contribution in [0.1, 0.15) is 45.5 Å². The van der Waals surface area contributed by atoms with Gasteiger partial charge in [-0.1, -0.05) is 6.07 Å². The maximum atomic E-state index is 11.4. The summed E-state index contributed by atoms with van der Waals surface area (Å²) in [6, 6.07) is 3.05. The molecule has 19 heavy (non-hydrogen) atoms. The fourth-order valence-corrected chi connectivity index (χ4v) is 2.58. The smallest absolute Gasteiger partial charge is 0.338 e. The van der Waals surface area contributed by atoms with Crippen molar-refractivity contribution in [2.45, 2.75) is 26.2 Å².